The average Bonchev–Trinajstić information content (AvgIpc) is 3.25. The minimum Gasteiger partial charge on any atom is -0.396 e. The van der Waals surface area contributed by atoms with E-state index in [0.717, 1.165) is 0 Å². The maximum absolute atomic E-state index is 9.13. The number of hydrogen-bond donors (Lipinski definition) is 4. The summed E-state index contributed by atoms with van der Waals surface area (Å²) in [7, 11) is 0. The fourth-order valence-corrected chi connectivity index (χ4v) is 14.6. The van der Waals surface area contributed by atoms with Gasteiger partial charge in [-0.15, -0.1) is 94.1 Å². The van der Waals surface area contributed by atoms with Gasteiger partial charge in [0.1, 0.15) is 0 Å². The monoisotopic (exact) mass is 510 g/mol. The van der Waals surface area contributed by atoms with Crippen LogP contribution in [-0.2, 0) is 0 Å². The molecule has 0 aromatic heterocycles. The Labute approximate surface area is 188 Å². The number of thioether (sulfide) groups is 8. The molecule has 0 fully saturated rings. The summed E-state index contributed by atoms with van der Waals surface area (Å²) in [4.78, 5) is 0. The fraction of sp³-hybridized carbons (Fsp3) is 0.714. The quantitative estimate of drug-likeness (QED) is 0.291. The van der Waals surface area contributed by atoms with E-state index >= 15 is 0 Å². The van der Waals surface area contributed by atoms with Crippen molar-refractivity contribution >= 4 is 94.1 Å². The summed E-state index contributed by atoms with van der Waals surface area (Å²) < 4.78 is 5.79. The maximum Gasteiger partial charge on any atom is 0.0825 e. The van der Waals surface area contributed by atoms with Crippen molar-refractivity contribution in [3.05, 3.63) is 16.9 Å². The van der Waals surface area contributed by atoms with Crippen LogP contribution in [0, 0.1) is 0 Å². The van der Waals surface area contributed by atoms with Crippen LogP contribution >= 0.6 is 94.1 Å². The Hall–Kier alpha value is 2.12. The van der Waals surface area contributed by atoms with Crippen LogP contribution in [0.4, 0.5) is 0 Å². The number of aliphatic hydroxyl groups excluding tert-OH is 4. The van der Waals surface area contributed by atoms with Gasteiger partial charge in [0.05, 0.1) is 52.5 Å². The molecule has 0 aromatic carbocycles. The molecule has 2 rings (SSSR count). The number of aliphatic hydroxyl groups is 4. The predicted octanol–water partition coefficient (Wildman–Crippen LogP) is 3.75. The maximum atomic E-state index is 9.13. The van der Waals surface area contributed by atoms with Crippen molar-refractivity contribution in [3.63, 3.8) is 0 Å². The van der Waals surface area contributed by atoms with Gasteiger partial charge in [0.15, 0.2) is 0 Å². The Kier molecular flexibility index (Phi) is 13.3. The first-order chi connectivity index (χ1) is 12.7. The molecular formula is C14H22O4S8. The van der Waals surface area contributed by atoms with E-state index in [2.05, 4.69) is 0 Å². The molecule has 0 saturated heterocycles. The van der Waals surface area contributed by atoms with Crippen LogP contribution in [0.5, 0.6) is 0 Å². The molecule has 2 aliphatic heterocycles. The van der Waals surface area contributed by atoms with E-state index in [-0.39, 0.29) is 26.4 Å². The molecule has 4 N–H and O–H groups in total. The molecule has 0 spiro atoms. The van der Waals surface area contributed by atoms with Crippen molar-refractivity contribution in [2.24, 2.45) is 0 Å². The summed E-state index contributed by atoms with van der Waals surface area (Å²) in [5.41, 5.74) is 0. The zero-order valence-electron chi connectivity index (χ0n) is 13.9. The minimum absolute atomic E-state index is 0.167. The van der Waals surface area contributed by atoms with Crippen LogP contribution in [0.1, 0.15) is 0 Å². The zero-order chi connectivity index (χ0) is 18.8. The molecule has 0 aliphatic carbocycles. The molecular weight excluding hydrogens is 489 g/mol. The fourth-order valence-electron chi connectivity index (χ4n) is 1.81. The highest BCUT2D eigenvalue weighted by Crippen LogP contribution is 2.64. The lowest BCUT2D eigenvalue weighted by Crippen LogP contribution is -2.07. The van der Waals surface area contributed by atoms with Gasteiger partial charge in [0.2, 0.25) is 0 Å². The van der Waals surface area contributed by atoms with Gasteiger partial charge in [-0.1, -0.05) is 0 Å². The van der Waals surface area contributed by atoms with Gasteiger partial charge in [-0.3, -0.25) is 0 Å². The van der Waals surface area contributed by atoms with E-state index in [1.807, 2.05) is 47.0 Å². The van der Waals surface area contributed by atoms with Crippen LogP contribution < -0.4 is 0 Å². The lowest BCUT2D eigenvalue weighted by Gasteiger charge is -2.16. The molecule has 2 heterocycles. The summed E-state index contributed by atoms with van der Waals surface area (Å²) in [5.74, 6) is 2.77. The first kappa shape index (κ1) is 24.4. The van der Waals surface area contributed by atoms with Crippen LogP contribution in [0.15, 0.2) is 16.9 Å². The largest absolute Gasteiger partial charge is 0.396 e. The van der Waals surface area contributed by atoms with Crippen molar-refractivity contribution in [2.75, 3.05) is 49.4 Å². The van der Waals surface area contributed by atoms with E-state index in [1.54, 1.807) is 47.0 Å². The molecule has 0 amide bonds. The minimum atomic E-state index is 0.167. The SMILES string of the molecule is OCCSC1=C(SCCO)SC(C2SC(SCCO)=C(SCCO)S2)S1. The van der Waals surface area contributed by atoms with Gasteiger partial charge >= 0.3 is 0 Å². The van der Waals surface area contributed by atoms with Crippen LogP contribution in [0.3, 0.4) is 0 Å². The topological polar surface area (TPSA) is 80.9 Å². The third kappa shape index (κ3) is 7.75. The molecule has 4 nitrogen and oxygen atoms in total. The van der Waals surface area contributed by atoms with Crippen LogP contribution in [-0.4, -0.2) is 79.0 Å². The Morgan fingerprint density at radius 2 is 0.731 bits per heavy atom. The standard InChI is InChI=1S/C14H22O4S8/c15-1-5-19-9-10(20-6-2-16)24-13(23-9)14-25-11(21-7-3-17)12(26-14)22-8-4-18/h13-18H,1-8H2. The molecule has 0 radical (unpaired) electrons. The van der Waals surface area contributed by atoms with Gasteiger partial charge in [0.25, 0.3) is 0 Å². The molecule has 150 valence electrons. The van der Waals surface area contributed by atoms with Crippen molar-refractivity contribution in [2.45, 2.75) is 9.16 Å². The van der Waals surface area contributed by atoms with Gasteiger partial charge in [-0.05, 0) is 0 Å². The van der Waals surface area contributed by atoms with E-state index in [4.69, 9.17) is 20.4 Å². The second kappa shape index (κ2) is 14.2. The normalized spacial score (nSPS) is 19.4. The van der Waals surface area contributed by atoms with Gasteiger partial charge in [-0.25, -0.2) is 0 Å². The summed E-state index contributed by atoms with van der Waals surface area (Å²) in [6, 6.07) is 0. The van der Waals surface area contributed by atoms with Crippen molar-refractivity contribution < 1.29 is 20.4 Å². The molecule has 0 saturated carbocycles. The Morgan fingerprint density at radius 1 is 0.500 bits per heavy atom. The highest BCUT2D eigenvalue weighted by molar-refractivity contribution is 8.42. The lowest BCUT2D eigenvalue weighted by atomic mass is 10.9. The Morgan fingerprint density at radius 3 is 0.923 bits per heavy atom. The second-order valence-electron chi connectivity index (χ2n) is 4.65. The first-order valence-corrected chi connectivity index (χ1v) is 15.3. The summed E-state index contributed by atoms with van der Waals surface area (Å²) in [6.45, 7) is 0.668. The van der Waals surface area contributed by atoms with Gasteiger partial charge < -0.3 is 20.4 Å². The third-order valence-electron chi connectivity index (χ3n) is 2.75. The second-order valence-corrected chi connectivity index (χ2v) is 15.3. The van der Waals surface area contributed by atoms with Crippen LogP contribution in [0.2, 0.25) is 0 Å². The summed E-state index contributed by atoms with van der Waals surface area (Å²) in [6.07, 6.45) is 0. The van der Waals surface area contributed by atoms with E-state index in [9.17, 15) is 0 Å². The number of rotatable bonds is 13. The number of hydrogen-bond acceptors (Lipinski definition) is 12. The Bertz CT molecular complexity index is 417. The molecule has 0 unspecified atom stereocenters. The molecule has 2 aliphatic rings. The first-order valence-electron chi connectivity index (χ1n) is 7.83. The van der Waals surface area contributed by atoms with E-state index in [0.29, 0.717) is 32.2 Å². The molecule has 26 heavy (non-hydrogen) atoms. The Balaban J connectivity index is 1.96. The van der Waals surface area contributed by atoms with Gasteiger partial charge in [0, 0.05) is 23.0 Å². The van der Waals surface area contributed by atoms with Crippen molar-refractivity contribution in [1.82, 2.24) is 0 Å². The molecule has 0 atom stereocenters. The van der Waals surface area contributed by atoms with E-state index < -0.39 is 0 Å². The van der Waals surface area contributed by atoms with Crippen molar-refractivity contribution in [1.29, 1.82) is 0 Å². The van der Waals surface area contributed by atoms with E-state index in [1.165, 1.54) is 16.9 Å². The lowest BCUT2D eigenvalue weighted by molar-refractivity contribution is 0.322. The average molecular weight is 511 g/mol. The summed E-state index contributed by atoms with van der Waals surface area (Å²) in [5, 5.41) is 36.5. The smallest absolute Gasteiger partial charge is 0.0825 e. The third-order valence-corrected chi connectivity index (χ3v) is 15.3. The zero-order valence-corrected chi connectivity index (χ0v) is 20.4. The molecule has 0 aromatic rings. The highest BCUT2D eigenvalue weighted by atomic mass is 32.3. The summed E-state index contributed by atoms with van der Waals surface area (Å²) >= 11 is 14.2. The van der Waals surface area contributed by atoms with Crippen molar-refractivity contribution in [3.8, 4) is 0 Å². The highest BCUT2D eigenvalue weighted by Gasteiger charge is 2.38. The van der Waals surface area contributed by atoms with Gasteiger partial charge in [-0.2, -0.15) is 0 Å². The predicted molar refractivity (Wildman–Crippen MR) is 130 cm³/mol. The molecule has 12 heteroatoms. The molecule has 0 bridgehead atoms. The van der Waals surface area contributed by atoms with Crippen LogP contribution in [0.25, 0.3) is 0 Å².